The standard InChI is InChI=1S/C15H18N2O3/c1-11(2)17(9-7-14(18)19)15(20)13-5-3-4-12(10-13)6-8-16/h3-5,10-11H,6-7,9H2,1-2H3,(H,18,19). The van der Waals surface area contributed by atoms with Gasteiger partial charge in [0.05, 0.1) is 18.9 Å². The fraction of sp³-hybridized carbons (Fsp3) is 0.400. The highest BCUT2D eigenvalue weighted by molar-refractivity contribution is 5.94. The number of carbonyl (C=O) groups is 2. The minimum absolute atomic E-state index is 0.0815. The van der Waals surface area contributed by atoms with Crippen LogP contribution < -0.4 is 0 Å². The van der Waals surface area contributed by atoms with Crippen LogP contribution in [0.1, 0.15) is 36.2 Å². The zero-order chi connectivity index (χ0) is 15.1. The Balaban J connectivity index is 2.91. The molecule has 0 radical (unpaired) electrons. The summed E-state index contributed by atoms with van der Waals surface area (Å²) in [5.74, 6) is -1.14. The second-order valence-corrected chi connectivity index (χ2v) is 4.77. The number of amides is 1. The lowest BCUT2D eigenvalue weighted by atomic mass is 10.1. The quantitative estimate of drug-likeness (QED) is 0.861. The molecule has 0 atom stereocenters. The van der Waals surface area contributed by atoms with Crippen LogP contribution in [-0.4, -0.2) is 34.5 Å². The van der Waals surface area contributed by atoms with Gasteiger partial charge in [-0.05, 0) is 31.5 Å². The summed E-state index contributed by atoms with van der Waals surface area (Å²) in [6.07, 6.45) is 0.166. The van der Waals surface area contributed by atoms with E-state index in [1.54, 1.807) is 24.3 Å². The smallest absolute Gasteiger partial charge is 0.305 e. The van der Waals surface area contributed by atoms with E-state index < -0.39 is 5.97 Å². The fourth-order valence-electron chi connectivity index (χ4n) is 1.88. The Morgan fingerprint density at radius 3 is 2.65 bits per heavy atom. The number of aliphatic carboxylic acids is 1. The molecule has 1 aromatic rings. The molecule has 0 fully saturated rings. The van der Waals surface area contributed by atoms with Crippen LogP contribution in [0.15, 0.2) is 24.3 Å². The number of benzene rings is 1. The predicted molar refractivity (Wildman–Crippen MR) is 74.2 cm³/mol. The maximum Gasteiger partial charge on any atom is 0.305 e. The molecule has 1 rings (SSSR count). The first-order valence-electron chi connectivity index (χ1n) is 6.44. The number of rotatable bonds is 6. The van der Waals surface area contributed by atoms with Crippen molar-refractivity contribution >= 4 is 11.9 Å². The van der Waals surface area contributed by atoms with Gasteiger partial charge in [0, 0.05) is 18.2 Å². The lowest BCUT2D eigenvalue weighted by Gasteiger charge is -2.26. The molecule has 5 heteroatoms. The third-order valence-corrected chi connectivity index (χ3v) is 2.91. The molecule has 5 nitrogen and oxygen atoms in total. The summed E-state index contributed by atoms with van der Waals surface area (Å²) in [4.78, 5) is 24.6. The van der Waals surface area contributed by atoms with E-state index in [2.05, 4.69) is 0 Å². The van der Waals surface area contributed by atoms with Gasteiger partial charge in [-0.1, -0.05) is 12.1 Å². The van der Waals surface area contributed by atoms with Crippen molar-refractivity contribution in [1.29, 1.82) is 5.26 Å². The second kappa shape index (κ2) is 7.29. The van der Waals surface area contributed by atoms with E-state index >= 15 is 0 Å². The van der Waals surface area contributed by atoms with Gasteiger partial charge in [0.15, 0.2) is 0 Å². The maximum absolute atomic E-state index is 12.4. The van der Waals surface area contributed by atoms with Crippen molar-refractivity contribution in [2.75, 3.05) is 6.54 Å². The van der Waals surface area contributed by atoms with Crippen molar-refractivity contribution in [2.45, 2.75) is 32.7 Å². The summed E-state index contributed by atoms with van der Waals surface area (Å²) in [6.45, 7) is 3.87. The molecule has 0 saturated carbocycles. The molecule has 1 N–H and O–H groups in total. The van der Waals surface area contributed by atoms with Crippen LogP contribution in [-0.2, 0) is 11.2 Å². The van der Waals surface area contributed by atoms with Crippen LogP contribution in [0.2, 0.25) is 0 Å². The molecule has 0 aromatic heterocycles. The minimum Gasteiger partial charge on any atom is -0.481 e. The van der Waals surface area contributed by atoms with Gasteiger partial charge >= 0.3 is 5.97 Å². The Morgan fingerprint density at radius 1 is 1.40 bits per heavy atom. The highest BCUT2D eigenvalue weighted by Crippen LogP contribution is 2.12. The summed E-state index contributed by atoms with van der Waals surface area (Å²) in [5.41, 5.74) is 1.26. The Labute approximate surface area is 118 Å². The number of carbonyl (C=O) groups excluding carboxylic acids is 1. The Hall–Kier alpha value is -2.35. The molecular weight excluding hydrogens is 256 g/mol. The van der Waals surface area contributed by atoms with Crippen molar-refractivity contribution in [2.24, 2.45) is 0 Å². The average molecular weight is 274 g/mol. The normalized spacial score (nSPS) is 10.1. The van der Waals surface area contributed by atoms with E-state index in [9.17, 15) is 9.59 Å². The SMILES string of the molecule is CC(C)N(CCC(=O)O)C(=O)c1cccc(CC#N)c1. The van der Waals surface area contributed by atoms with E-state index in [4.69, 9.17) is 10.4 Å². The first-order valence-corrected chi connectivity index (χ1v) is 6.44. The predicted octanol–water partition coefficient (Wildman–Crippen LogP) is 2.08. The van der Waals surface area contributed by atoms with Gasteiger partial charge in [0.1, 0.15) is 0 Å². The van der Waals surface area contributed by atoms with Gasteiger partial charge in [0.25, 0.3) is 5.91 Å². The summed E-state index contributed by atoms with van der Waals surface area (Å²) in [5, 5.41) is 17.4. The zero-order valence-corrected chi connectivity index (χ0v) is 11.7. The Bertz CT molecular complexity index is 532. The molecule has 0 unspecified atom stereocenters. The summed E-state index contributed by atoms with van der Waals surface area (Å²) in [7, 11) is 0. The van der Waals surface area contributed by atoms with Crippen molar-refractivity contribution in [3.63, 3.8) is 0 Å². The number of hydrogen-bond acceptors (Lipinski definition) is 3. The summed E-state index contributed by atoms with van der Waals surface area (Å²) < 4.78 is 0. The fourth-order valence-corrected chi connectivity index (χ4v) is 1.88. The average Bonchev–Trinajstić information content (AvgIpc) is 2.38. The number of nitrogens with zero attached hydrogens (tertiary/aromatic N) is 2. The largest absolute Gasteiger partial charge is 0.481 e. The van der Waals surface area contributed by atoms with Crippen LogP contribution in [0.3, 0.4) is 0 Å². The van der Waals surface area contributed by atoms with Gasteiger partial charge < -0.3 is 10.0 Å². The third-order valence-electron chi connectivity index (χ3n) is 2.91. The maximum atomic E-state index is 12.4. The van der Waals surface area contributed by atoms with Gasteiger partial charge in [0.2, 0.25) is 0 Å². The lowest BCUT2D eigenvalue weighted by molar-refractivity contribution is -0.137. The van der Waals surface area contributed by atoms with E-state index in [-0.39, 0.29) is 31.3 Å². The van der Waals surface area contributed by atoms with Crippen molar-refractivity contribution in [3.8, 4) is 6.07 Å². The molecule has 0 spiro atoms. The molecule has 1 amide bonds. The summed E-state index contributed by atoms with van der Waals surface area (Å²) >= 11 is 0. The van der Waals surface area contributed by atoms with Crippen LogP contribution in [0.4, 0.5) is 0 Å². The van der Waals surface area contributed by atoms with Crippen molar-refractivity contribution < 1.29 is 14.7 Å². The van der Waals surface area contributed by atoms with Crippen LogP contribution >= 0.6 is 0 Å². The molecule has 106 valence electrons. The van der Waals surface area contributed by atoms with Gasteiger partial charge in [-0.15, -0.1) is 0 Å². The highest BCUT2D eigenvalue weighted by Gasteiger charge is 2.19. The van der Waals surface area contributed by atoms with Gasteiger partial charge in [-0.25, -0.2) is 0 Å². The topological polar surface area (TPSA) is 81.4 Å². The van der Waals surface area contributed by atoms with E-state index in [0.717, 1.165) is 5.56 Å². The van der Waals surface area contributed by atoms with Gasteiger partial charge in [-0.3, -0.25) is 9.59 Å². The number of hydrogen-bond donors (Lipinski definition) is 1. The first kappa shape index (κ1) is 15.7. The number of carboxylic acid groups (broad SMARTS) is 1. The highest BCUT2D eigenvalue weighted by atomic mass is 16.4. The molecule has 1 aromatic carbocycles. The Kier molecular flexibility index (Phi) is 5.73. The molecule has 0 aliphatic rings. The number of carboxylic acids is 1. The molecule has 0 heterocycles. The Morgan fingerprint density at radius 2 is 2.10 bits per heavy atom. The molecule has 20 heavy (non-hydrogen) atoms. The molecule has 0 aliphatic carbocycles. The number of nitriles is 1. The lowest BCUT2D eigenvalue weighted by Crippen LogP contribution is -2.38. The third kappa shape index (κ3) is 4.39. The monoisotopic (exact) mass is 274 g/mol. The van der Waals surface area contributed by atoms with Gasteiger partial charge in [-0.2, -0.15) is 5.26 Å². The first-order chi connectivity index (χ1) is 9.45. The zero-order valence-electron chi connectivity index (χ0n) is 11.7. The van der Waals surface area contributed by atoms with Crippen LogP contribution in [0, 0.1) is 11.3 Å². The minimum atomic E-state index is -0.929. The summed E-state index contributed by atoms with van der Waals surface area (Å²) in [6, 6.07) is 8.84. The van der Waals surface area contributed by atoms with Crippen molar-refractivity contribution in [1.82, 2.24) is 4.90 Å². The molecule has 0 bridgehead atoms. The molecule has 0 aliphatic heterocycles. The van der Waals surface area contributed by atoms with Crippen molar-refractivity contribution in [3.05, 3.63) is 35.4 Å². The molecular formula is C15H18N2O3. The van der Waals surface area contributed by atoms with E-state index in [0.29, 0.717) is 5.56 Å². The van der Waals surface area contributed by atoms with Crippen LogP contribution in [0.25, 0.3) is 0 Å². The van der Waals surface area contributed by atoms with Crippen LogP contribution in [0.5, 0.6) is 0 Å². The van der Waals surface area contributed by atoms with E-state index in [1.165, 1.54) is 4.90 Å². The second-order valence-electron chi connectivity index (χ2n) is 4.77. The van der Waals surface area contributed by atoms with E-state index in [1.807, 2.05) is 19.9 Å². The molecule has 0 saturated heterocycles.